The van der Waals surface area contributed by atoms with E-state index in [1.54, 1.807) is 0 Å². The lowest BCUT2D eigenvalue weighted by atomic mass is 9.81. The average molecular weight is 537 g/mol. The molecule has 2 aromatic carbocycles. The molecule has 38 heavy (non-hydrogen) atoms. The van der Waals surface area contributed by atoms with Crippen molar-refractivity contribution in [3.05, 3.63) is 81.7 Å². The van der Waals surface area contributed by atoms with Crippen LogP contribution in [0.15, 0.2) is 53.1 Å². The van der Waals surface area contributed by atoms with Gasteiger partial charge in [-0.3, -0.25) is 4.79 Å². The number of anilines is 1. The summed E-state index contributed by atoms with van der Waals surface area (Å²) in [5.74, 6) is 2.06. The number of ether oxygens (including phenoxy) is 1. The van der Waals surface area contributed by atoms with Crippen molar-refractivity contribution in [3.63, 3.8) is 0 Å². The predicted octanol–water partition coefficient (Wildman–Crippen LogP) is 8.60. The fourth-order valence-electron chi connectivity index (χ4n) is 5.37. The minimum absolute atomic E-state index is 0.0316. The predicted molar refractivity (Wildman–Crippen MR) is 154 cm³/mol. The Morgan fingerprint density at radius 1 is 1.18 bits per heavy atom. The van der Waals surface area contributed by atoms with Crippen molar-refractivity contribution in [2.24, 2.45) is 5.92 Å². The van der Waals surface area contributed by atoms with Crippen molar-refractivity contribution in [2.75, 3.05) is 11.9 Å². The van der Waals surface area contributed by atoms with Crippen LogP contribution < -0.4 is 5.32 Å². The number of benzene rings is 2. The van der Waals surface area contributed by atoms with Gasteiger partial charge in [0.2, 0.25) is 5.91 Å². The molecule has 5 nitrogen and oxygen atoms in total. The summed E-state index contributed by atoms with van der Waals surface area (Å²) in [5, 5.41) is 8.16. The Labute approximate surface area is 232 Å². The van der Waals surface area contributed by atoms with E-state index in [0.29, 0.717) is 42.2 Å². The van der Waals surface area contributed by atoms with Crippen molar-refractivity contribution in [3.8, 4) is 0 Å². The van der Waals surface area contributed by atoms with E-state index in [2.05, 4.69) is 36.5 Å². The molecule has 0 bridgehead atoms. The lowest BCUT2D eigenvalue weighted by molar-refractivity contribution is -0.116. The molecule has 204 valence electrons. The van der Waals surface area contributed by atoms with E-state index in [9.17, 15) is 4.79 Å². The van der Waals surface area contributed by atoms with Gasteiger partial charge in [0, 0.05) is 30.4 Å². The molecule has 2 atom stereocenters. The maximum Gasteiger partial charge on any atom is 0.225 e. The van der Waals surface area contributed by atoms with Crippen LogP contribution in [-0.2, 0) is 22.6 Å². The second-order valence-electron chi connectivity index (χ2n) is 11.1. The van der Waals surface area contributed by atoms with Gasteiger partial charge in [-0.25, -0.2) is 0 Å². The molecule has 1 unspecified atom stereocenters. The number of carbonyl (C=O) groups excluding carboxylic acids is 1. The summed E-state index contributed by atoms with van der Waals surface area (Å²) < 4.78 is 11.9. The number of amides is 1. The van der Waals surface area contributed by atoms with Crippen LogP contribution in [0.5, 0.6) is 0 Å². The van der Waals surface area contributed by atoms with E-state index in [0.717, 1.165) is 61.1 Å². The highest BCUT2D eigenvalue weighted by Crippen LogP contribution is 2.40. The van der Waals surface area contributed by atoms with Crippen LogP contribution in [0.25, 0.3) is 0 Å². The molecule has 3 aromatic rings. The number of rotatable bonds is 13. The Morgan fingerprint density at radius 2 is 2.00 bits per heavy atom. The number of aryl methyl sites for hydroxylation is 1. The van der Waals surface area contributed by atoms with Gasteiger partial charge in [0.05, 0.1) is 23.0 Å². The number of hydrogen-bond donors (Lipinski definition) is 1. The summed E-state index contributed by atoms with van der Waals surface area (Å²) >= 11 is 6.38. The smallest absolute Gasteiger partial charge is 0.225 e. The first-order valence-electron chi connectivity index (χ1n) is 14.1. The molecule has 0 saturated heterocycles. The molecule has 0 fully saturated rings. The van der Waals surface area contributed by atoms with E-state index in [4.69, 9.17) is 20.9 Å². The number of nitrogens with one attached hydrogen (secondary N) is 1. The minimum Gasteiger partial charge on any atom is -0.377 e. The molecule has 1 aliphatic carbocycles. The Hall–Kier alpha value is -2.63. The van der Waals surface area contributed by atoms with Gasteiger partial charge in [-0.2, -0.15) is 0 Å². The normalized spacial score (nSPS) is 15.9. The molecule has 1 aromatic heterocycles. The molecule has 4 rings (SSSR count). The highest BCUT2D eigenvalue weighted by atomic mass is 35.5. The fourth-order valence-corrected chi connectivity index (χ4v) is 5.65. The lowest BCUT2D eigenvalue weighted by Crippen LogP contribution is -2.18. The molecule has 1 N–H and O–H groups in total. The molecule has 1 aliphatic rings. The van der Waals surface area contributed by atoms with Crippen molar-refractivity contribution in [1.29, 1.82) is 0 Å². The summed E-state index contributed by atoms with van der Waals surface area (Å²) in [7, 11) is 0. The molecule has 0 aliphatic heterocycles. The second-order valence-corrected chi connectivity index (χ2v) is 11.5. The summed E-state index contributed by atoms with van der Waals surface area (Å²) in [6.07, 6.45) is 7.55. The monoisotopic (exact) mass is 536 g/mol. The second kappa shape index (κ2) is 14.0. The number of fused-ring (bicyclic) bond motifs is 1. The van der Waals surface area contributed by atoms with Gasteiger partial charge >= 0.3 is 0 Å². The quantitative estimate of drug-likeness (QED) is 0.222. The zero-order valence-electron chi connectivity index (χ0n) is 23.0. The minimum atomic E-state index is -0.0603. The third-order valence-corrected chi connectivity index (χ3v) is 7.77. The Morgan fingerprint density at radius 3 is 2.76 bits per heavy atom. The molecule has 1 amide bonds. The summed E-state index contributed by atoms with van der Waals surface area (Å²) in [6.45, 7) is 7.74. The van der Waals surface area contributed by atoms with Gasteiger partial charge in [0.25, 0.3) is 0 Å². The van der Waals surface area contributed by atoms with Crippen molar-refractivity contribution in [2.45, 2.75) is 90.6 Å². The first kappa shape index (κ1) is 28.4. The molecular formula is C32H41ClN2O3. The largest absolute Gasteiger partial charge is 0.377 e. The Bertz CT molecular complexity index is 1170. The van der Waals surface area contributed by atoms with Gasteiger partial charge in [-0.1, -0.05) is 73.4 Å². The van der Waals surface area contributed by atoms with Crippen LogP contribution in [0.3, 0.4) is 0 Å². The van der Waals surface area contributed by atoms with Crippen LogP contribution in [0.4, 0.5) is 5.69 Å². The maximum atomic E-state index is 13.2. The summed E-state index contributed by atoms with van der Waals surface area (Å²) in [5.41, 5.74) is 5.06. The highest BCUT2D eigenvalue weighted by molar-refractivity contribution is 6.33. The van der Waals surface area contributed by atoms with Crippen LogP contribution in [-0.4, -0.2) is 17.7 Å². The Kier molecular flexibility index (Phi) is 10.4. The van der Waals surface area contributed by atoms with Crippen LogP contribution in [0.2, 0.25) is 5.02 Å². The number of carbonyl (C=O) groups is 1. The third-order valence-electron chi connectivity index (χ3n) is 7.46. The SMILES string of the molecule is Cc1ccc(NC(=O)C[C@H](CCCOCc2ccccc2)c2noc3c2CCCC3CCC(C)C)c(Cl)c1. The van der Waals surface area contributed by atoms with Gasteiger partial charge in [0.1, 0.15) is 5.76 Å². The third kappa shape index (κ3) is 7.94. The molecule has 0 saturated carbocycles. The Balaban J connectivity index is 1.44. The van der Waals surface area contributed by atoms with E-state index >= 15 is 0 Å². The van der Waals surface area contributed by atoms with Crippen LogP contribution >= 0.6 is 11.6 Å². The number of hydrogen-bond acceptors (Lipinski definition) is 4. The number of nitrogens with zero attached hydrogens (tertiary/aromatic N) is 1. The molecule has 6 heteroatoms. The molecule has 0 radical (unpaired) electrons. The van der Waals surface area contributed by atoms with E-state index < -0.39 is 0 Å². The fraction of sp³-hybridized carbons (Fsp3) is 0.500. The first-order valence-corrected chi connectivity index (χ1v) is 14.4. The summed E-state index contributed by atoms with van der Waals surface area (Å²) in [6, 6.07) is 15.9. The maximum absolute atomic E-state index is 13.2. The van der Waals surface area contributed by atoms with Crippen molar-refractivity contribution in [1.82, 2.24) is 5.16 Å². The number of aromatic nitrogens is 1. The van der Waals surface area contributed by atoms with Crippen molar-refractivity contribution >= 4 is 23.2 Å². The zero-order valence-corrected chi connectivity index (χ0v) is 23.7. The average Bonchev–Trinajstić information content (AvgIpc) is 3.33. The van der Waals surface area contributed by atoms with Gasteiger partial charge < -0.3 is 14.6 Å². The van der Waals surface area contributed by atoms with Gasteiger partial charge in [-0.15, -0.1) is 0 Å². The summed E-state index contributed by atoms with van der Waals surface area (Å²) in [4.78, 5) is 13.2. The molecule has 1 heterocycles. The van der Waals surface area contributed by atoms with Gasteiger partial charge in [0.15, 0.2) is 0 Å². The van der Waals surface area contributed by atoms with Crippen molar-refractivity contribution < 1.29 is 14.1 Å². The van der Waals surface area contributed by atoms with E-state index in [1.807, 2.05) is 43.3 Å². The lowest BCUT2D eigenvalue weighted by Gasteiger charge is -2.23. The standard InChI is InChI=1S/C32H41ClN2O3/c1-22(2)14-16-25-11-7-13-27-31(35-38-32(25)27)26(12-8-18-37-21-24-9-5-4-6-10-24)20-30(36)34-29-17-15-23(3)19-28(29)33/h4-6,9-10,15,17,19,22,25-26H,7-8,11-14,16,18,20-21H2,1-3H3,(H,34,36)/t25?,26-/m0/s1. The molecular weight excluding hydrogens is 496 g/mol. The van der Waals surface area contributed by atoms with Crippen LogP contribution in [0, 0.1) is 12.8 Å². The molecule has 0 spiro atoms. The first-order chi connectivity index (χ1) is 18.4. The zero-order chi connectivity index (χ0) is 26.9. The van der Waals surface area contributed by atoms with E-state index in [-0.39, 0.29) is 11.8 Å². The highest BCUT2D eigenvalue weighted by Gasteiger charge is 2.31. The topological polar surface area (TPSA) is 64.4 Å². The van der Waals surface area contributed by atoms with Gasteiger partial charge in [-0.05, 0) is 74.6 Å². The van der Waals surface area contributed by atoms with E-state index in [1.165, 1.54) is 12.0 Å². The van der Waals surface area contributed by atoms with Crippen LogP contribution in [0.1, 0.15) is 98.8 Å². The number of halogens is 1.